The number of anilines is 2. The van der Waals surface area contributed by atoms with E-state index < -0.39 is 18.4 Å². The molecule has 1 rings (SSSR count). The van der Waals surface area contributed by atoms with E-state index >= 15 is 0 Å². The van der Waals surface area contributed by atoms with Crippen LogP contribution in [0.3, 0.4) is 0 Å². The minimum absolute atomic E-state index is 0.0543. The summed E-state index contributed by atoms with van der Waals surface area (Å²) < 4.78 is 48.9. The summed E-state index contributed by atoms with van der Waals surface area (Å²) in [6.45, 7) is 0.359. The largest absolute Gasteiger partial charge is 0.397 e. The molecule has 0 saturated carbocycles. The normalized spacial score (nSPS) is 11.6. The first-order valence-electron chi connectivity index (χ1n) is 5.35. The molecule has 2 nitrogen and oxygen atoms in total. The van der Waals surface area contributed by atoms with Crippen LogP contribution in [0, 0.1) is 5.82 Å². The summed E-state index contributed by atoms with van der Waals surface area (Å²) in [4.78, 5) is 0. The monoisotopic (exact) mass is 328 g/mol. The number of hydrogen-bond donors (Lipinski definition) is 2. The van der Waals surface area contributed by atoms with E-state index in [0.29, 0.717) is 18.7 Å². The Labute approximate surface area is 111 Å². The second kappa shape index (κ2) is 6.26. The Balaban J connectivity index is 2.38. The van der Waals surface area contributed by atoms with Crippen molar-refractivity contribution in [2.45, 2.75) is 25.4 Å². The van der Waals surface area contributed by atoms with Gasteiger partial charge in [-0.25, -0.2) is 4.39 Å². The number of benzene rings is 1. The van der Waals surface area contributed by atoms with E-state index in [0.717, 1.165) is 6.07 Å². The third kappa shape index (κ3) is 5.12. The highest BCUT2D eigenvalue weighted by Gasteiger charge is 2.25. The SMILES string of the molecule is Nc1cc(F)c(Br)cc1NCCCCC(F)(F)F. The van der Waals surface area contributed by atoms with Gasteiger partial charge in [0.05, 0.1) is 15.8 Å². The van der Waals surface area contributed by atoms with E-state index in [4.69, 9.17) is 5.73 Å². The van der Waals surface area contributed by atoms with Crippen LogP contribution in [0.25, 0.3) is 0 Å². The molecular formula is C11H13BrF4N2. The van der Waals surface area contributed by atoms with Crippen LogP contribution in [-0.4, -0.2) is 12.7 Å². The maximum atomic E-state index is 13.1. The smallest absolute Gasteiger partial charge is 0.389 e. The lowest BCUT2D eigenvalue weighted by molar-refractivity contribution is -0.135. The molecule has 0 spiro atoms. The van der Waals surface area contributed by atoms with Gasteiger partial charge in [0.25, 0.3) is 0 Å². The van der Waals surface area contributed by atoms with Gasteiger partial charge in [0.1, 0.15) is 5.82 Å². The van der Waals surface area contributed by atoms with Gasteiger partial charge in [-0.1, -0.05) is 0 Å². The average molecular weight is 329 g/mol. The summed E-state index contributed by atoms with van der Waals surface area (Å²) in [5.41, 5.74) is 6.31. The summed E-state index contributed by atoms with van der Waals surface area (Å²) in [7, 11) is 0. The minimum Gasteiger partial charge on any atom is -0.397 e. The Morgan fingerprint density at radius 3 is 2.50 bits per heavy atom. The molecule has 3 N–H and O–H groups in total. The first-order chi connectivity index (χ1) is 8.29. The fraction of sp³-hybridized carbons (Fsp3) is 0.455. The Morgan fingerprint density at radius 2 is 1.89 bits per heavy atom. The van der Waals surface area contributed by atoms with Crippen LogP contribution in [0.4, 0.5) is 28.9 Å². The van der Waals surface area contributed by atoms with Crippen LogP contribution in [0.2, 0.25) is 0 Å². The third-order valence-electron chi connectivity index (χ3n) is 2.29. The third-order valence-corrected chi connectivity index (χ3v) is 2.90. The molecule has 102 valence electrons. The average Bonchev–Trinajstić information content (AvgIpc) is 2.23. The van der Waals surface area contributed by atoms with Crippen molar-refractivity contribution in [3.05, 3.63) is 22.4 Å². The van der Waals surface area contributed by atoms with Crippen LogP contribution in [0.5, 0.6) is 0 Å². The highest BCUT2D eigenvalue weighted by molar-refractivity contribution is 9.10. The van der Waals surface area contributed by atoms with Crippen molar-refractivity contribution < 1.29 is 17.6 Å². The highest BCUT2D eigenvalue weighted by Crippen LogP contribution is 2.27. The number of unbranched alkanes of at least 4 members (excludes halogenated alkanes) is 1. The summed E-state index contributed by atoms with van der Waals surface area (Å²) in [5.74, 6) is -0.477. The zero-order chi connectivity index (χ0) is 13.8. The molecule has 1 aromatic rings. The quantitative estimate of drug-likeness (QED) is 0.480. The molecule has 0 atom stereocenters. The zero-order valence-electron chi connectivity index (χ0n) is 9.45. The Hall–Kier alpha value is -0.980. The first kappa shape index (κ1) is 15.1. The lowest BCUT2D eigenvalue weighted by Crippen LogP contribution is -2.09. The van der Waals surface area contributed by atoms with Crippen molar-refractivity contribution in [1.29, 1.82) is 0 Å². The fourth-order valence-corrected chi connectivity index (χ4v) is 1.73. The van der Waals surface area contributed by atoms with Crippen molar-refractivity contribution in [2.24, 2.45) is 0 Å². The summed E-state index contributed by atoms with van der Waals surface area (Å²) in [6, 6.07) is 2.62. The lowest BCUT2D eigenvalue weighted by Gasteiger charge is -2.11. The number of nitrogen functional groups attached to an aromatic ring is 1. The number of alkyl halides is 3. The molecule has 0 aliphatic rings. The first-order valence-corrected chi connectivity index (χ1v) is 6.14. The predicted molar refractivity (Wildman–Crippen MR) is 66.9 cm³/mol. The van der Waals surface area contributed by atoms with E-state index in [1.807, 2.05) is 0 Å². The van der Waals surface area contributed by atoms with E-state index in [1.54, 1.807) is 0 Å². The molecule has 0 unspecified atom stereocenters. The molecule has 7 heteroatoms. The number of hydrogen-bond acceptors (Lipinski definition) is 2. The lowest BCUT2D eigenvalue weighted by atomic mass is 10.2. The Morgan fingerprint density at radius 1 is 1.22 bits per heavy atom. The van der Waals surface area contributed by atoms with Gasteiger partial charge in [0.15, 0.2) is 0 Å². The number of rotatable bonds is 5. The molecule has 0 radical (unpaired) electrons. The van der Waals surface area contributed by atoms with Crippen LogP contribution in [0.15, 0.2) is 16.6 Å². The van der Waals surface area contributed by atoms with Gasteiger partial charge in [0.2, 0.25) is 0 Å². The molecular weight excluding hydrogens is 316 g/mol. The summed E-state index contributed by atoms with van der Waals surface area (Å²) in [5, 5.41) is 2.88. The standard InChI is InChI=1S/C11H13BrF4N2/c12-7-5-10(9(17)6-8(7)13)18-4-2-1-3-11(14,15)16/h5-6,18H,1-4,17H2. The van der Waals surface area contributed by atoms with Crippen LogP contribution in [0.1, 0.15) is 19.3 Å². The van der Waals surface area contributed by atoms with Gasteiger partial charge < -0.3 is 11.1 Å². The maximum Gasteiger partial charge on any atom is 0.389 e. The molecule has 0 heterocycles. The Bertz CT molecular complexity index is 407. The molecule has 0 fully saturated rings. The van der Waals surface area contributed by atoms with E-state index in [2.05, 4.69) is 21.2 Å². The molecule has 0 aliphatic heterocycles. The number of nitrogens with one attached hydrogen (secondary N) is 1. The zero-order valence-corrected chi connectivity index (χ0v) is 11.0. The van der Waals surface area contributed by atoms with Gasteiger partial charge in [-0.2, -0.15) is 13.2 Å². The van der Waals surface area contributed by atoms with E-state index in [9.17, 15) is 17.6 Å². The predicted octanol–water partition coefficient (Wildman–Crippen LogP) is 4.31. The molecule has 1 aromatic carbocycles. The summed E-state index contributed by atoms with van der Waals surface area (Å²) >= 11 is 3.01. The van der Waals surface area contributed by atoms with Crippen LogP contribution < -0.4 is 11.1 Å². The van der Waals surface area contributed by atoms with Crippen molar-refractivity contribution in [1.82, 2.24) is 0 Å². The van der Waals surface area contributed by atoms with Gasteiger partial charge in [-0.05, 0) is 34.8 Å². The topological polar surface area (TPSA) is 38.0 Å². The van der Waals surface area contributed by atoms with E-state index in [1.165, 1.54) is 6.07 Å². The van der Waals surface area contributed by atoms with Crippen molar-refractivity contribution >= 4 is 27.3 Å². The van der Waals surface area contributed by atoms with Gasteiger partial charge in [0, 0.05) is 19.0 Å². The second-order valence-electron chi connectivity index (χ2n) is 3.85. The fourth-order valence-electron chi connectivity index (χ4n) is 1.39. The van der Waals surface area contributed by atoms with Crippen molar-refractivity contribution in [3.8, 4) is 0 Å². The van der Waals surface area contributed by atoms with Crippen LogP contribution >= 0.6 is 15.9 Å². The van der Waals surface area contributed by atoms with Crippen molar-refractivity contribution in [2.75, 3.05) is 17.6 Å². The molecule has 0 aromatic heterocycles. The number of nitrogens with two attached hydrogens (primary N) is 1. The molecule has 0 amide bonds. The van der Waals surface area contributed by atoms with Gasteiger partial charge >= 0.3 is 6.18 Å². The van der Waals surface area contributed by atoms with Gasteiger partial charge in [-0.15, -0.1) is 0 Å². The highest BCUT2D eigenvalue weighted by atomic mass is 79.9. The molecule has 0 bridgehead atoms. The minimum atomic E-state index is -4.11. The molecule has 18 heavy (non-hydrogen) atoms. The molecule has 0 saturated heterocycles. The second-order valence-corrected chi connectivity index (χ2v) is 4.71. The van der Waals surface area contributed by atoms with Gasteiger partial charge in [-0.3, -0.25) is 0 Å². The number of halogens is 5. The van der Waals surface area contributed by atoms with E-state index in [-0.39, 0.29) is 16.6 Å². The summed E-state index contributed by atoms with van der Waals surface area (Å²) in [6.07, 6.45) is -4.48. The molecule has 0 aliphatic carbocycles. The van der Waals surface area contributed by atoms with Crippen molar-refractivity contribution in [3.63, 3.8) is 0 Å². The Kier molecular flexibility index (Phi) is 5.25. The van der Waals surface area contributed by atoms with Crippen LogP contribution in [-0.2, 0) is 0 Å². The maximum absolute atomic E-state index is 13.1.